The summed E-state index contributed by atoms with van der Waals surface area (Å²) in [5, 5.41) is 2.91. The summed E-state index contributed by atoms with van der Waals surface area (Å²) >= 11 is 0. The van der Waals surface area contributed by atoms with Gasteiger partial charge in [-0.05, 0) is 44.5 Å². The normalized spacial score (nSPS) is 11.9. The van der Waals surface area contributed by atoms with E-state index in [0.717, 1.165) is 18.6 Å². The first-order valence-electron chi connectivity index (χ1n) is 6.41. The largest absolute Gasteiger partial charge is 0.494 e. The topological polar surface area (TPSA) is 64.3 Å². The summed E-state index contributed by atoms with van der Waals surface area (Å²) in [7, 11) is 0. The highest BCUT2D eigenvalue weighted by Crippen LogP contribution is 2.13. The zero-order valence-corrected chi connectivity index (χ0v) is 11.1. The summed E-state index contributed by atoms with van der Waals surface area (Å²) in [6.07, 6.45) is 1.72. The van der Waals surface area contributed by atoms with Crippen LogP contribution >= 0.6 is 0 Å². The van der Waals surface area contributed by atoms with Gasteiger partial charge in [0.2, 0.25) is 0 Å². The summed E-state index contributed by atoms with van der Waals surface area (Å²) in [6, 6.07) is 7.31. The average Bonchev–Trinajstić information content (AvgIpc) is 2.37. The minimum atomic E-state index is -0.0853. The lowest BCUT2D eigenvalue weighted by atomic mass is 10.1. The highest BCUT2D eigenvalue weighted by Gasteiger charge is 2.09. The Bertz CT molecular complexity index is 380. The van der Waals surface area contributed by atoms with Crippen LogP contribution in [0.2, 0.25) is 0 Å². The highest BCUT2D eigenvalue weighted by molar-refractivity contribution is 5.94. The number of rotatable bonds is 7. The van der Waals surface area contributed by atoms with Gasteiger partial charge in [0.05, 0.1) is 6.61 Å². The molecule has 0 aliphatic rings. The third-order valence-electron chi connectivity index (χ3n) is 2.55. The van der Waals surface area contributed by atoms with Gasteiger partial charge >= 0.3 is 0 Å². The fourth-order valence-electron chi connectivity index (χ4n) is 1.58. The van der Waals surface area contributed by atoms with Crippen molar-refractivity contribution in [3.05, 3.63) is 29.8 Å². The third kappa shape index (κ3) is 4.75. The molecule has 1 aromatic carbocycles. The molecule has 1 atom stereocenters. The molecule has 1 aromatic rings. The van der Waals surface area contributed by atoms with Crippen LogP contribution in [0.15, 0.2) is 24.3 Å². The van der Waals surface area contributed by atoms with Gasteiger partial charge in [0, 0.05) is 11.6 Å². The predicted octanol–water partition coefficient (Wildman–Crippen LogP) is 1.94. The van der Waals surface area contributed by atoms with Crippen molar-refractivity contribution in [2.75, 3.05) is 13.2 Å². The van der Waals surface area contributed by atoms with E-state index in [1.165, 1.54) is 0 Å². The molecule has 100 valence electrons. The van der Waals surface area contributed by atoms with E-state index in [1.807, 2.05) is 26.0 Å². The monoisotopic (exact) mass is 250 g/mol. The molecule has 1 rings (SSSR count). The maximum absolute atomic E-state index is 11.9. The summed E-state index contributed by atoms with van der Waals surface area (Å²) < 4.78 is 5.50. The molecule has 0 aliphatic carbocycles. The van der Waals surface area contributed by atoms with Gasteiger partial charge < -0.3 is 15.8 Å². The highest BCUT2D eigenvalue weighted by atomic mass is 16.5. The number of ether oxygens (including phenoxy) is 1. The van der Waals surface area contributed by atoms with E-state index in [4.69, 9.17) is 10.5 Å². The van der Waals surface area contributed by atoms with Gasteiger partial charge in [-0.1, -0.05) is 13.0 Å². The van der Waals surface area contributed by atoms with Gasteiger partial charge in [0.25, 0.3) is 5.91 Å². The van der Waals surface area contributed by atoms with E-state index >= 15 is 0 Å². The molecule has 0 heterocycles. The third-order valence-corrected chi connectivity index (χ3v) is 2.55. The molecule has 4 heteroatoms. The summed E-state index contributed by atoms with van der Waals surface area (Å²) in [5.74, 6) is 0.647. The second-order valence-electron chi connectivity index (χ2n) is 4.33. The smallest absolute Gasteiger partial charge is 0.251 e. The maximum atomic E-state index is 11.9. The molecule has 0 saturated heterocycles. The molecule has 0 fully saturated rings. The molecule has 1 unspecified atom stereocenters. The molecular weight excluding hydrogens is 228 g/mol. The minimum Gasteiger partial charge on any atom is -0.494 e. The van der Waals surface area contributed by atoms with Crippen LogP contribution in [-0.2, 0) is 0 Å². The zero-order valence-electron chi connectivity index (χ0n) is 11.1. The number of nitrogens with one attached hydrogen (secondary N) is 1. The second-order valence-corrected chi connectivity index (χ2v) is 4.33. The van der Waals surface area contributed by atoms with Crippen molar-refractivity contribution in [2.24, 2.45) is 5.73 Å². The van der Waals surface area contributed by atoms with Crippen molar-refractivity contribution in [2.45, 2.75) is 32.7 Å². The number of carbonyl (C=O) groups is 1. The molecule has 1 amide bonds. The number of carbonyl (C=O) groups excluding carboxylic acids is 1. The lowest BCUT2D eigenvalue weighted by Gasteiger charge is -2.13. The van der Waals surface area contributed by atoms with Crippen molar-refractivity contribution in [3.63, 3.8) is 0 Å². The lowest BCUT2D eigenvalue weighted by molar-refractivity contribution is 0.0938. The average molecular weight is 250 g/mol. The van der Waals surface area contributed by atoms with Crippen LogP contribution < -0.4 is 15.8 Å². The molecule has 0 radical (unpaired) electrons. The van der Waals surface area contributed by atoms with E-state index in [-0.39, 0.29) is 11.9 Å². The van der Waals surface area contributed by atoms with Gasteiger partial charge in [-0.3, -0.25) is 4.79 Å². The van der Waals surface area contributed by atoms with Crippen LogP contribution in [-0.4, -0.2) is 25.1 Å². The molecular formula is C14H22N2O2. The first-order valence-corrected chi connectivity index (χ1v) is 6.41. The van der Waals surface area contributed by atoms with Crippen molar-refractivity contribution < 1.29 is 9.53 Å². The van der Waals surface area contributed by atoms with Crippen LogP contribution in [0.4, 0.5) is 0 Å². The standard InChI is InChI=1S/C14H22N2O2/c1-3-9-18-13-6-4-5-12(10-13)14(17)16-11(2)7-8-15/h4-6,10-11H,3,7-9,15H2,1-2H3,(H,16,17). The number of amides is 1. The van der Waals surface area contributed by atoms with E-state index in [2.05, 4.69) is 5.32 Å². The molecule has 0 aliphatic heterocycles. The lowest BCUT2D eigenvalue weighted by Crippen LogP contribution is -2.34. The second kappa shape index (κ2) is 7.71. The van der Waals surface area contributed by atoms with Gasteiger partial charge in [-0.15, -0.1) is 0 Å². The first-order chi connectivity index (χ1) is 8.67. The molecule has 3 N–H and O–H groups in total. The van der Waals surface area contributed by atoms with Crippen molar-refractivity contribution in [1.82, 2.24) is 5.32 Å². The summed E-state index contributed by atoms with van der Waals surface area (Å²) in [5.41, 5.74) is 6.07. The fraction of sp³-hybridized carbons (Fsp3) is 0.500. The van der Waals surface area contributed by atoms with Gasteiger partial charge in [-0.25, -0.2) is 0 Å². The van der Waals surface area contributed by atoms with Crippen molar-refractivity contribution >= 4 is 5.91 Å². The Labute approximate surface area is 109 Å². The Morgan fingerprint density at radius 1 is 1.50 bits per heavy atom. The first kappa shape index (κ1) is 14.5. The molecule has 0 aromatic heterocycles. The van der Waals surface area contributed by atoms with Gasteiger partial charge in [0.1, 0.15) is 5.75 Å². The summed E-state index contributed by atoms with van der Waals surface area (Å²) in [4.78, 5) is 11.9. The van der Waals surface area contributed by atoms with Crippen LogP contribution in [0.25, 0.3) is 0 Å². The Morgan fingerprint density at radius 3 is 2.94 bits per heavy atom. The molecule has 18 heavy (non-hydrogen) atoms. The number of benzene rings is 1. The van der Waals surface area contributed by atoms with Crippen molar-refractivity contribution in [1.29, 1.82) is 0 Å². The SMILES string of the molecule is CCCOc1cccc(C(=O)NC(C)CCN)c1. The number of hydrogen-bond donors (Lipinski definition) is 2. The van der Waals surface area contributed by atoms with Crippen molar-refractivity contribution in [3.8, 4) is 5.75 Å². The van der Waals surface area contributed by atoms with Gasteiger partial charge in [-0.2, -0.15) is 0 Å². The molecule has 4 nitrogen and oxygen atoms in total. The fourth-order valence-corrected chi connectivity index (χ4v) is 1.58. The molecule has 0 spiro atoms. The summed E-state index contributed by atoms with van der Waals surface area (Å²) in [6.45, 7) is 5.23. The van der Waals surface area contributed by atoms with E-state index in [9.17, 15) is 4.79 Å². The maximum Gasteiger partial charge on any atom is 0.251 e. The van der Waals surface area contributed by atoms with Crippen LogP contribution in [0.3, 0.4) is 0 Å². The van der Waals surface area contributed by atoms with Crippen LogP contribution in [0, 0.1) is 0 Å². The predicted molar refractivity (Wildman–Crippen MR) is 72.8 cm³/mol. The van der Waals surface area contributed by atoms with E-state index < -0.39 is 0 Å². The Kier molecular flexibility index (Phi) is 6.22. The number of nitrogens with two attached hydrogens (primary N) is 1. The Hall–Kier alpha value is -1.55. The number of hydrogen-bond acceptors (Lipinski definition) is 3. The minimum absolute atomic E-state index is 0.0853. The van der Waals surface area contributed by atoms with Crippen LogP contribution in [0.5, 0.6) is 5.75 Å². The Balaban J connectivity index is 2.62. The molecule has 0 bridgehead atoms. The van der Waals surface area contributed by atoms with E-state index in [0.29, 0.717) is 18.7 Å². The zero-order chi connectivity index (χ0) is 13.4. The Morgan fingerprint density at radius 2 is 2.28 bits per heavy atom. The quantitative estimate of drug-likeness (QED) is 0.777. The van der Waals surface area contributed by atoms with E-state index in [1.54, 1.807) is 12.1 Å². The van der Waals surface area contributed by atoms with Gasteiger partial charge in [0.15, 0.2) is 0 Å². The van der Waals surface area contributed by atoms with Crippen LogP contribution in [0.1, 0.15) is 37.0 Å². The molecule has 0 saturated carbocycles.